The highest BCUT2D eigenvalue weighted by atomic mass is 16.4. The molecular weight excluding hydrogens is 761 g/mol. The summed E-state index contributed by atoms with van der Waals surface area (Å²) in [6.45, 7) is 0. The quantitative estimate of drug-likeness (QED) is 0.160. The minimum atomic E-state index is 0.580. The van der Waals surface area contributed by atoms with E-state index in [-0.39, 0.29) is 0 Å². The van der Waals surface area contributed by atoms with E-state index in [0.29, 0.717) is 23.4 Å². The van der Waals surface area contributed by atoms with E-state index in [9.17, 15) is 0 Å². The summed E-state index contributed by atoms with van der Waals surface area (Å²) in [6, 6.07) is 70.7. The molecule has 290 valence electrons. The second-order valence-electron chi connectivity index (χ2n) is 15.4. The highest BCUT2D eigenvalue weighted by Gasteiger charge is 2.22. The monoisotopic (exact) mass is 794 g/mol. The number of hydrogen-bond acceptors (Lipinski definition) is 6. The Morgan fingerprint density at radius 3 is 1.29 bits per heavy atom. The topological polar surface area (TPSA) is 77.8 Å². The predicted molar refractivity (Wildman–Crippen MR) is 250 cm³/mol. The minimum Gasteiger partial charge on any atom is -0.456 e. The third kappa shape index (κ3) is 6.13. The van der Waals surface area contributed by atoms with Crippen molar-refractivity contribution in [1.29, 1.82) is 0 Å². The van der Waals surface area contributed by atoms with Gasteiger partial charge in [-0.1, -0.05) is 182 Å². The number of furan rings is 1. The average Bonchev–Trinajstić information content (AvgIpc) is 3.95. The van der Waals surface area contributed by atoms with Crippen LogP contribution in [0.4, 0.5) is 0 Å². The largest absolute Gasteiger partial charge is 0.456 e. The summed E-state index contributed by atoms with van der Waals surface area (Å²) < 4.78 is 13.0. The minimum absolute atomic E-state index is 0.580. The summed E-state index contributed by atoms with van der Waals surface area (Å²) in [5.41, 5.74) is 13.4. The van der Waals surface area contributed by atoms with E-state index in [0.717, 1.165) is 88.7 Å². The highest BCUT2D eigenvalue weighted by Crippen LogP contribution is 2.44. The molecule has 3 heterocycles. The van der Waals surface area contributed by atoms with Gasteiger partial charge in [-0.05, 0) is 56.8 Å². The third-order valence-corrected chi connectivity index (χ3v) is 11.6. The smallest absolute Gasteiger partial charge is 0.227 e. The number of hydrogen-bond donors (Lipinski definition) is 0. The molecule has 0 aliphatic carbocycles. The standard InChI is InChI=1S/C56H34N4O2/c1-4-14-38(15-5-1)53-58-54(39-16-6-2-7-17-39)60-55(59-53)40-30-26-36(27-31-40)43-33-32-42(44-20-10-11-21-45(43)44)35-24-28-37(29-25-35)50-51-46-22-12-13-23-48(46)61-49(51)34-47-52(50)62-56(57-47)41-18-8-3-9-19-41/h1-34H. The van der Waals surface area contributed by atoms with Crippen molar-refractivity contribution in [1.82, 2.24) is 19.9 Å². The van der Waals surface area contributed by atoms with Gasteiger partial charge in [-0.25, -0.2) is 19.9 Å². The van der Waals surface area contributed by atoms with Crippen LogP contribution in [0.5, 0.6) is 0 Å². The van der Waals surface area contributed by atoms with Crippen LogP contribution in [0.2, 0.25) is 0 Å². The van der Waals surface area contributed by atoms with Crippen molar-refractivity contribution < 1.29 is 8.83 Å². The van der Waals surface area contributed by atoms with E-state index >= 15 is 0 Å². The van der Waals surface area contributed by atoms with Crippen LogP contribution >= 0.6 is 0 Å². The Hall–Kier alpha value is -8.48. The molecule has 0 amide bonds. The van der Waals surface area contributed by atoms with Crippen LogP contribution in [0.1, 0.15) is 0 Å². The SMILES string of the molecule is c1ccc(-c2nc(-c3ccccc3)nc(-c3ccc(-c4ccc(-c5ccc(-c6c7oc(-c8ccccc8)nc7cc7oc8ccccc8c67)cc5)c5ccccc45)cc3)n2)cc1. The summed E-state index contributed by atoms with van der Waals surface area (Å²) in [7, 11) is 0. The van der Waals surface area contributed by atoms with Gasteiger partial charge in [0.15, 0.2) is 23.1 Å². The van der Waals surface area contributed by atoms with Gasteiger partial charge in [0.05, 0.1) is 0 Å². The molecule has 62 heavy (non-hydrogen) atoms. The van der Waals surface area contributed by atoms with Gasteiger partial charge in [0.25, 0.3) is 0 Å². The Balaban J connectivity index is 0.919. The number of benzene rings is 9. The maximum absolute atomic E-state index is 6.61. The van der Waals surface area contributed by atoms with Crippen LogP contribution in [0.3, 0.4) is 0 Å². The fourth-order valence-electron chi connectivity index (χ4n) is 8.61. The van der Waals surface area contributed by atoms with Crippen LogP contribution in [0.15, 0.2) is 215 Å². The number of nitrogens with zero attached hydrogens (tertiary/aromatic N) is 4. The summed E-state index contributed by atoms with van der Waals surface area (Å²) >= 11 is 0. The Morgan fingerprint density at radius 1 is 0.306 bits per heavy atom. The maximum atomic E-state index is 6.61. The zero-order chi connectivity index (χ0) is 41.0. The molecule has 0 radical (unpaired) electrons. The van der Waals surface area contributed by atoms with E-state index in [1.807, 2.05) is 115 Å². The molecule has 0 N–H and O–H groups in total. The van der Waals surface area contributed by atoms with Crippen LogP contribution in [0.25, 0.3) is 123 Å². The van der Waals surface area contributed by atoms with Crippen molar-refractivity contribution in [3.8, 4) is 79.0 Å². The van der Waals surface area contributed by atoms with Crippen molar-refractivity contribution in [3.05, 3.63) is 206 Å². The lowest BCUT2D eigenvalue weighted by atomic mass is 9.91. The van der Waals surface area contributed by atoms with Crippen molar-refractivity contribution in [2.45, 2.75) is 0 Å². The molecule has 0 fully saturated rings. The number of para-hydroxylation sites is 1. The summed E-state index contributed by atoms with van der Waals surface area (Å²) in [4.78, 5) is 19.7. The predicted octanol–water partition coefficient (Wildman–Crippen LogP) is 14.7. The summed E-state index contributed by atoms with van der Waals surface area (Å²) in [5.74, 6) is 2.50. The molecule has 0 spiro atoms. The molecule has 9 aromatic carbocycles. The number of oxazole rings is 1. The van der Waals surface area contributed by atoms with Gasteiger partial charge in [0, 0.05) is 44.7 Å². The van der Waals surface area contributed by atoms with Gasteiger partial charge in [-0.2, -0.15) is 0 Å². The lowest BCUT2D eigenvalue weighted by Crippen LogP contribution is -2.00. The van der Waals surface area contributed by atoms with E-state index < -0.39 is 0 Å². The molecule has 0 aliphatic heterocycles. The van der Waals surface area contributed by atoms with Crippen molar-refractivity contribution in [2.24, 2.45) is 0 Å². The molecule has 6 nitrogen and oxygen atoms in total. The van der Waals surface area contributed by atoms with Crippen LogP contribution < -0.4 is 0 Å². The maximum Gasteiger partial charge on any atom is 0.227 e. The molecule has 12 aromatic rings. The number of fused-ring (bicyclic) bond motifs is 5. The Kier molecular flexibility index (Phi) is 8.38. The lowest BCUT2D eigenvalue weighted by Gasteiger charge is -2.13. The van der Waals surface area contributed by atoms with Gasteiger partial charge in [0.1, 0.15) is 16.7 Å². The molecule has 0 saturated heterocycles. The van der Waals surface area contributed by atoms with Gasteiger partial charge in [-0.15, -0.1) is 0 Å². The fourth-order valence-corrected chi connectivity index (χ4v) is 8.61. The Labute approximate surface area is 356 Å². The molecule has 12 rings (SSSR count). The Morgan fingerprint density at radius 2 is 0.742 bits per heavy atom. The first-order valence-electron chi connectivity index (χ1n) is 20.6. The summed E-state index contributed by atoms with van der Waals surface area (Å²) in [5, 5.41) is 4.40. The fraction of sp³-hybridized carbons (Fsp3) is 0. The van der Waals surface area contributed by atoms with E-state index in [4.69, 9.17) is 28.8 Å². The first-order chi connectivity index (χ1) is 30.7. The zero-order valence-electron chi connectivity index (χ0n) is 33.2. The van der Waals surface area contributed by atoms with Crippen LogP contribution in [0, 0.1) is 0 Å². The van der Waals surface area contributed by atoms with E-state index in [2.05, 4.69) is 91.0 Å². The van der Waals surface area contributed by atoms with Gasteiger partial charge in [-0.3, -0.25) is 0 Å². The molecule has 0 atom stereocenters. The first kappa shape index (κ1) is 35.5. The van der Waals surface area contributed by atoms with Gasteiger partial charge >= 0.3 is 0 Å². The van der Waals surface area contributed by atoms with Gasteiger partial charge in [0.2, 0.25) is 5.89 Å². The normalized spacial score (nSPS) is 11.5. The van der Waals surface area contributed by atoms with Crippen molar-refractivity contribution >= 4 is 43.8 Å². The highest BCUT2D eigenvalue weighted by molar-refractivity contribution is 6.19. The molecular formula is C56H34N4O2. The molecule has 0 saturated carbocycles. The molecule has 0 aliphatic rings. The average molecular weight is 795 g/mol. The second-order valence-corrected chi connectivity index (χ2v) is 15.4. The molecule has 0 unspecified atom stereocenters. The molecule has 0 bridgehead atoms. The molecule has 6 heteroatoms. The lowest BCUT2D eigenvalue weighted by molar-refractivity contribution is 0.621. The van der Waals surface area contributed by atoms with Crippen molar-refractivity contribution in [3.63, 3.8) is 0 Å². The third-order valence-electron chi connectivity index (χ3n) is 11.6. The van der Waals surface area contributed by atoms with E-state index in [1.165, 1.54) is 10.8 Å². The number of rotatable bonds is 7. The van der Waals surface area contributed by atoms with Crippen LogP contribution in [-0.4, -0.2) is 19.9 Å². The van der Waals surface area contributed by atoms with E-state index in [1.54, 1.807) is 0 Å². The summed E-state index contributed by atoms with van der Waals surface area (Å²) in [6.07, 6.45) is 0. The van der Waals surface area contributed by atoms with Crippen molar-refractivity contribution in [2.75, 3.05) is 0 Å². The first-order valence-corrected chi connectivity index (χ1v) is 20.6. The second kappa shape index (κ2) is 14.7. The Bertz CT molecular complexity index is 3540. The molecule has 3 aromatic heterocycles. The zero-order valence-corrected chi connectivity index (χ0v) is 33.2. The number of aromatic nitrogens is 4. The van der Waals surface area contributed by atoms with Crippen LogP contribution in [-0.2, 0) is 0 Å². The van der Waals surface area contributed by atoms with Gasteiger partial charge < -0.3 is 8.83 Å².